The Labute approximate surface area is 178 Å². The van der Waals surface area contributed by atoms with Crippen LogP contribution in [-0.2, 0) is 22.6 Å². The molecule has 30 heavy (non-hydrogen) atoms. The van der Waals surface area contributed by atoms with E-state index in [1.807, 2.05) is 50.2 Å². The Morgan fingerprint density at radius 1 is 1.07 bits per heavy atom. The predicted molar refractivity (Wildman–Crippen MR) is 116 cm³/mol. The average Bonchev–Trinajstić information content (AvgIpc) is 2.77. The molecule has 0 saturated carbocycles. The molecule has 0 spiro atoms. The van der Waals surface area contributed by atoms with Crippen LogP contribution < -0.4 is 14.8 Å². The van der Waals surface area contributed by atoms with E-state index in [4.69, 9.17) is 9.47 Å². The molecule has 2 aromatic carbocycles. The molecule has 0 aromatic heterocycles. The van der Waals surface area contributed by atoms with Crippen molar-refractivity contribution in [1.29, 1.82) is 0 Å². The third-order valence-electron chi connectivity index (χ3n) is 5.30. The quantitative estimate of drug-likeness (QED) is 0.725. The minimum absolute atomic E-state index is 0.0400. The normalized spacial score (nSPS) is 13.4. The first-order chi connectivity index (χ1) is 14.5. The fraction of sp³-hybridized carbons (Fsp3) is 0.417. The lowest BCUT2D eigenvalue weighted by atomic mass is 10.0. The van der Waals surface area contributed by atoms with Gasteiger partial charge in [0.15, 0.2) is 11.5 Å². The number of ether oxygens (including phenoxy) is 2. The summed E-state index contributed by atoms with van der Waals surface area (Å²) in [6.45, 7) is 5.44. The lowest BCUT2D eigenvalue weighted by molar-refractivity contribution is -0.141. The number of aryl methyl sites for hydroxylation is 2. The fourth-order valence-corrected chi connectivity index (χ4v) is 3.73. The van der Waals surface area contributed by atoms with Gasteiger partial charge in [0.2, 0.25) is 11.8 Å². The number of hydrogen-bond acceptors (Lipinski definition) is 4. The third-order valence-corrected chi connectivity index (χ3v) is 5.30. The molecule has 0 aliphatic carbocycles. The van der Waals surface area contributed by atoms with Gasteiger partial charge >= 0.3 is 0 Å². The van der Waals surface area contributed by atoms with Crippen molar-refractivity contribution in [3.63, 3.8) is 0 Å². The van der Waals surface area contributed by atoms with E-state index in [2.05, 4.69) is 11.4 Å². The Morgan fingerprint density at radius 3 is 2.53 bits per heavy atom. The van der Waals surface area contributed by atoms with Crippen LogP contribution >= 0.6 is 0 Å². The zero-order valence-electron chi connectivity index (χ0n) is 17.9. The molecule has 0 unspecified atom stereocenters. The largest absolute Gasteiger partial charge is 0.486 e. The van der Waals surface area contributed by atoms with Gasteiger partial charge in [-0.1, -0.05) is 42.8 Å². The van der Waals surface area contributed by atoms with E-state index in [-0.39, 0.29) is 11.8 Å². The highest BCUT2D eigenvalue weighted by Crippen LogP contribution is 2.31. The molecule has 6 nitrogen and oxygen atoms in total. The summed E-state index contributed by atoms with van der Waals surface area (Å²) in [6.07, 6.45) is 1.45. The van der Waals surface area contributed by atoms with E-state index in [1.54, 1.807) is 11.9 Å². The number of rotatable bonds is 8. The molecule has 1 heterocycles. The predicted octanol–water partition coefficient (Wildman–Crippen LogP) is 3.25. The molecule has 1 atom stereocenters. The number of hydrogen-bond donors (Lipinski definition) is 1. The highest BCUT2D eigenvalue weighted by molar-refractivity contribution is 5.87. The molecule has 1 aliphatic heterocycles. The number of benzene rings is 2. The maximum Gasteiger partial charge on any atom is 0.242 e. The Balaban J connectivity index is 1.74. The van der Waals surface area contributed by atoms with Crippen LogP contribution in [0.1, 0.15) is 36.5 Å². The fourth-order valence-electron chi connectivity index (χ4n) is 3.73. The van der Waals surface area contributed by atoms with Crippen LogP contribution in [0, 0.1) is 6.92 Å². The van der Waals surface area contributed by atoms with Gasteiger partial charge < -0.3 is 19.7 Å². The molecule has 6 heteroatoms. The van der Waals surface area contributed by atoms with E-state index in [0.717, 1.165) is 28.2 Å². The Bertz CT molecular complexity index is 897. The third kappa shape index (κ3) is 5.32. The summed E-state index contributed by atoms with van der Waals surface area (Å²) in [6, 6.07) is 13.3. The number of likely N-dealkylation sites (N-methyl/N-ethyl adjacent to an activating group) is 1. The molecule has 0 radical (unpaired) electrons. The van der Waals surface area contributed by atoms with Gasteiger partial charge in [-0.15, -0.1) is 0 Å². The molecule has 0 fully saturated rings. The topological polar surface area (TPSA) is 67.9 Å². The number of amides is 2. The van der Waals surface area contributed by atoms with Crippen LogP contribution in [0.25, 0.3) is 0 Å². The van der Waals surface area contributed by atoms with E-state index >= 15 is 0 Å². The van der Waals surface area contributed by atoms with Gasteiger partial charge in [0.05, 0.1) is 0 Å². The number of carbonyl (C=O) groups excluding carboxylic acids is 2. The number of fused-ring (bicyclic) bond motifs is 1. The molecule has 3 rings (SSSR count). The molecule has 1 aliphatic rings. The first-order valence-electron chi connectivity index (χ1n) is 10.5. The van der Waals surface area contributed by atoms with Crippen LogP contribution in [-0.4, -0.2) is 43.0 Å². The molecule has 1 N–H and O–H groups in total. The van der Waals surface area contributed by atoms with Crippen molar-refractivity contribution in [3.05, 3.63) is 59.2 Å². The van der Waals surface area contributed by atoms with Crippen molar-refractivity contribution >= 4 is 11.8 Å². The van der Waals surface area contributed by atoms with Gasteiger partial charge in [-0.3, -0.25) is 9.59 Å². The Kier molecular flexibility index (Phi) is 7.33. The van der Waals surface area contributed by atoms with Gasteiger partial charge in [0, 0.05) is 20.0 Å². The van der Waals surface area contributed by atoms with Crippen LogP contribution in [0.3, 0.4) is 0 Å². The zero-order valence-corrected chi connectivity index (χ0v) is 17.9. The van der Waals surface area contributed by atoms with Gasteiger partial charge in [-0.25, -0.2) is 0 Å². The Morgan fingerprint density at radius 2 is 1.83 bits per heavy atom. The summed E-state index contributed by atoms with van der Waals surface area (Å²) in [7, 11) is 1.61. The van der Waals surface area contributed by atoms with Crippen LogP contribution in [0.2, 0.25) is 0 Å². The second-order valence-electron chi connectivity index (χ2n) is 7.53. The van der Waals surface area contributed by atoms with Crippen molar-refractivity contribution in [1.82, 2.24) is 10.2 Å². The standard InChI is InChI=1S/C24H30N2O4/c1-4-20(24(28)25-3)26(16-19-7-5-6-17(2)14-19)23(27)11-9-18-8-10-21-22(15-18)30-13-12-29-21/h5-8,10,14-15,20H,4,9,11-13,16H2,1-3H3,(H,25,28)/t20-/m0/s1. The van der Waals surface area contributed by atoms with Crippen molar-refractivity contribution in [3.8, 4) is 11.5 Å². The van der Waals surface area contributed by atoms with Crippen LogP contribution in [0.4, 0.5) is 0 Å². The smallest absolute Gasteiger partial charge is 0.242 e. The van der Waals surface area contributed by atoms with E-state index < -0.39 is 6.04 Å². The van der Waals surface area contributed by atoms with Crippen molar-refractivity contribution in [2.24, 2.45) is 0 Å². The molecule has 2 amide bonds. The molecule has 2 aromatic rings. The zero-order chi connectivity index (χ0) is 21.5. The SMILES string of the molecule is CC[C@@H](C(=O)NC)N(Cc1cccc(C)c1)C(=O)CCc1ccc2c(c1)OCCO2. The summed E-state index contributed by atoms with van der Waals surface area (Å²) < 4.78 is 11.2. The van der Waals surface area contributed by atoms with Gasteiger partial charge in [-0.05, 0) is 43.0 Å². The van der Waals surface area contributed by atoms with Crippen LogP contribution in [0.15, 0.2) is 42.5 Å². The molecule has 0 bridgehead atoms. The lowest BCUT2D eigenvalue weighted by Crippen LogP contribution is -2.48. The van der Waals surface area contributed by atoms with Crippen molar-refractivity contribution in [2.45, 2.75) is 45.7 Å². The summed E-state index contributed by atoms with van der Waals surface area (Å²) in [5.41, 5.74) is 3.16. The van der Waals surface area contributed by atoms with E-state index in [9.17, 15) is 9.59 Å². The molecule has 0 saturated heterocycles. The molecule has 160 valence electrons. The van der Waals surface area contributed by atoms with Gasteiger partial charge in [0.1, 0.15) is 19.3 Å². The first-order valence-corrected chi connectivity index (χ1v) is 10.5. The summed E-state index contributed by atoms with van der Waals surface area (Å²) in [5, 5.41) is 2.69. The summed E-state index contributed by atoms with van der Waals surface area (Å²) in [4.78, 5) is 27.4. The maximum atomic E-state index is 13.2. The summed E-state index contributed by atoms with van der Waals surface area (Å²) >= 11 is 0. The molecular formula is C24H30N2O4. The number of carbonyl (C=O) groups is 2. The Hall–Kier alpha value is -3.02. The number of nitrogens with zero attached hydrogens (tertiary/aromatic N) is 1. The van der Waals surface area contributed by atoms with Crippen molar-refractivity contribution < 1.29 is 19.1 Å². The van der Waals surface area contributed by atoms with Crippen molar-refractivity contribution in [2.75, 3.05) is 20.3 Å². The van der Waals surface area contributed by atoms with E-state index in [0.29, 0.717) is 39.0 Å². The van der Waals surface area contributed by atoms with E-state index in [1.165, 1.54) is 0 Å². The lowest BCUT2D eigenvalue weighted by Gasteiger charge is -2.30. The first kappa shape index (κ1) is 21.7. The minimum Gasteiger partial charge on any atom is -0.486 e. The van der Waals surface area contributed by atoms with Gasteiger partial charge in [-0.2, -0.15) is 0 Å². The maximum absolute atomic E-state index is 13.2. The van der Waals surface area contributed by atoms with Gasteiger partial charge in [0.25, 0.3) is 0 Å². The average molecular weight is 411 g/mol. The second kappa shape index (κ2) is 10.1. The summed E-state index contributed by atoms with van der Waals surface area (Å²) in [5.74, 6) is 1.28. The second-order valence-corrected chi connectivity index (χ2v) is 7.53. The minimum atomic E-state index is -0.497. The van der Waals surface area contributed by atoms with Crippen LogP contribution in [0.5, 0.6) is 11.5 Å². The number of nitrogens with one attached hydrogen (secondary N) is 1. The monoisotopic (exact) mass is 410 g/mol. The highest BCUT2D eigenvalue weighted by atomic mass is 16.6. The highest BCUT2D eigenvalue weighted by Gasteiger charge is 2.27. The molecular weight excluding hydrogens is 380 g/mol.